The fraction of sp³-hybridized carbons (Fsp3) is 0.667. The zero-order chi connectivity index (χ0) is 6.62. The lowest BCUT2D eigenvalue weighted by atomic mass is 10.7. The van der Waals surface area contributed by atoms with Crippen molar-refractivity contribution in [2.45, 2.75) is 19.6 Å². The third-order valence-corrected chi connectivity index (χ3v) is 1.67. The van der Waals surface area contributed by atoms with Crippen LogP contribution < -0.4 is 0 Å². The molecule has 0 rings (SSSR count). The van der Waals surface area contributed by atoms with Crippen LogP contribution in [-0.4, -0.2) is 14.9 Å². The molecule has 0 N–H and O–H groups in total. The Balaban J connectivity index is 3.24. The van der Waals surface area contributed by atoms with Crippen LogP contribution >= 0.6 is 0 Å². The molecule has 2 heteroatoms. The zero-order valence-corrected chi connectivity index (χ0v) is 6.90. The summed E-state index contributed by atoms with van der Waals surface area (Å²) in [5.74, 6) is 0. The van der Waals surface area contributed by atoms with Crippen molar-refractivity contribution in [3.63, 3.8) is 0 Å². The van der Waals surface area contributed by atoms with Gasteiger partial charge in [0.1, 0.15) is 0 Å². The lowest BCUT2D eigenvalue weighted by molar-refractivity contribution is 0.358. The molecule has 0 fully saturated rings. The van der Waals surface area contributed by atoms with Crippen LogP contribution in [0.1, 0.15) is 0 Å². The van der Waals surface area contributed by atoms with E-state index in [1.807, 2.05) is 0 Å². The van der Waals surface area contributed by atoms with Gasteiger partial charge in [-0.25, -0.2) is 0 Å². The van der Waals surface area contributed by atoms with Gasteiger partial charge in [-0.3, -0.25) is 0 Å². The topological polar surface area (TPSA) is 9.23 Å². The Bertz CT molecular complexity index is 73.1. The summed E-state index contributed by atoms with van der Waals surface area (Å²) in [5.41, 5.74) is 0. The molecule has 0 radical (unpaired) electrons. The number of rotatable bonds is 3. The summed E-state index contributed by atoms with van der Waals surface area (Å²) >= 11 is 0. The SMILES string of the molecule is C=CCO[Si](C)(C)C. The first-order chi connectivity index (χ1) is 3.56. The van der Waals surface area contributed by atoms with E-state index < -0.39 is 8.32 Å². The first kappa shape index (κ1) is 7.92. The van der Waals surface area contributed by atoms with Crippen LogP contribution in [0.15, 0.2) is 12.7 Å². The molecule has 0 aliphatic carbocycles. The number of hydrogen-bond acceptors (Lipinski definition) is 1. The Hall–Kier alpha value is -0.0831. The van der Waals surface area contributed by atoms with E-state index in [1.54, 1.807) is 6.08 Å². The largest absolute Gasteiger partial charge is 0.414 e. The van der Waals surface area contributed by atoms with Crippen LogP contribution in [0.5, 0.6) is 0 Å². The standard InChI is InChI=1S/C6H14OSi/c1-5-6-7-8(2,3)4/h5H,1,6H2,2-4H3. The van der Waals surface area contributed by atoms with Crippen LogP contribution in [0.25, 0.3) is 0 Å². The Labute approximate surface area is 52.5 Å². The van der Waals surface area contributed by atoms with Gasteiger partial charge in [0.15, 0.2) is 8.32 Å². The molecule has 0 heterocycles. The molecule has 0 saturated heterocycles. The van der Waals surface area contributed by atoms with Gasteiger partial charge in [0.05, 0.1) is 6.61 Å². The molecule has 0 spiro atoms. The average molecular weight is 130 g/mol. The van der Waals surface area contributed by atoms with E-state index in [2.05, 4.69) is 26.2 Å². The van der Waals surface area contributed by atoms with Crippen molar-refractivity contribution in [2.24, 2.45) is 0 Å². The average Bonchev–Trinajstić information content (AvgIpc) is 1.59. The number of hydrogen-bond donors (Lipinski definition) is 0. The highest BCUT2D eigenvalue weighted by molar-refractivity contribution is 6.69. The van der Waals surface area contributed by atoms with E-state index in [0.29, 0.717) is 6.61 Å². The second-order valence-corrected chi connectivity index (χ2v) is 7.23. The summed E-state index contributed by atoms with van der Waals surface area (Å²) in [6, 6.07) is 0. The Morgan fingerprint density at radius 1 is 1.50 bits per heavy atom. The highest BCUT2D eigenvalue weighted by Gasteiger charge is 2.11. The Kier molecular flexibility index (Phi) is 3.01. The van der Waals surface area contributed by atoms with Crippen molar-refractivity contribution in [1.29, 1.82) is 0 Å². The summed E-state index contributed by atoms with van der Waals surface area (Å²) in [4.78, 5) is 0. The molecular formula is C6H14OSi. The van der Waals surface area contributed by atoms with Gasteiger partial charge in [-0.2, -0.15) is 0 Å². The highest BCUT2D eigenvalue weighted by Crippen LogP contribution is 2.00. The molecule has 0 amide bonds. The van der Waals surface area contributed by atoms with Gasteiger partial charge >= 0.3 is 0 Å². The normalized spacial score (nSPS) is 11.4. The molecule has 0 aromatic rings. The second kappa shape index (κ2) is 3.05. The molecular weight excluding hydrogens is 116 g/mol. The van der Waals surface area contributed by atoms with Gasteiger partial charge in [-0.15, -0.1) is 6.58 Å². The minimum Gasteiger partial charge on any atom is -0.414 e. The van der Waals surface area contributed by atoms with Crippen molar-refractivity contribution in [3.8, 4) is 0 Å². The van der Waals surface area contributed by atoms with Gasteiger partial charge in [0.2, 0.25) is 0 Å². The smallest absolute Gasteiger partial charge is 0.184 e. The summed E-state index contributed by atoms with van der Waals surface area (Å²) < 4.78 is 5.40. The zero-order valence-electron chi connectivity index (χ0n) is 5.90. The first-order valence-electron chi connectivity index (χ1n) is 2.81. The molecule has 0 atom stereocenters. The molecule has 8 heavy (non-hydrogen) atoms. The van der Waals surface area contributed by atoms with Crippen molar-refractivity contribution in [1.82, 2.24) is 0 Å². The van der Waals surface area contributed by atoms with Gasteiger partial charge in [0, 0.05) is 0 Å². The lowest BCUT2D eigenvalue weighted by Crippen LogP contribution is -2.24. The van der Waals surface area contributed by atoms with E-state index >= 15 is 0 Å². The maximum Gasteiger partial charge on any atom is 0.184 e. The van der Waals surface area contributed by atoms with Crippen molar-refractivity contribution in [3.05, 3.63) is 12.7 Å². The van der Waals surface area contributed by atoms with E-state index in [4.69, 9.17) is 4.43 Å². The molecule has 0 aliphatic rings. The van der Waals surface area contributed by atoms with Gasteiger partial charge < -0.3 is 4.43 Å². The first-order valence-corrected chi connectivity index (χ1v) is 6.22. The predicted molar refractivity (Wildman–Crippen MR) is 39.5 cm³/mol. The van der Waals surface area contributed by atoms with Crippen LogP contribution in [0.3, 0.4) is 0 Å². The maximum absolute atomic E-state index is 5.40. The third-order valence-electron chi connectivity index (χ3n) is 0.634. The predicted octanol–water partition coefficient (Wildman–Crippen LogP) is 2.02. The fourth-order valence-corrected chi connectivity index (χ4v) is 0.927. The minimum atomic E-state index is -1.25. The van der Waals surface area contributed by atoms with Crippen molar-refractivity contribution < 1.29 is 4.43 Å². The second-order valence-electron chi connectivity index (χ2n) is 2.71. The van der Waals surface area contributed by atoms with Crippen LogP contribution in [-0.2, 0) is 4.43 Å². The van der Waals surface area contributed by atoms with E-state index in [9.17, 15) is 0 Å². The van der Waals surface area contributed by atoms with Crippen LogP contribution in [0.4, 0.5) is 0 Å². The van der Waals surface area contributed by atoms with Gasteiger partial charge in [-0.05, 0) is 19.6 Å². The Morgan fingerprint density at radius 3 is 2.12 bits per heavy atom. The quantitative estimate of drug-likeness (QED) is 0.419. The summed E-state index contributed by atoms with van der Waals surface area (Å²) in [6.45, 7) is 10.8. The van der Waals surface area contributed by atoms with Gasteiger partial charge in [0.25, 0.3) is 0 Å². The van der Waals surface area contributed by atoms with Crippen LogP contribution in [0, 0.1) is 0 Å². The summed E-state index contributed by atoms with van der Waals surface area (Å²) in [6.07, 6.45) is 1.79. The van der Waals surface area contributed by atoms with Crippen molar-refractivity contribution in [2.75, 3.05) is 6.61 Å². The van der Waals surface area contributed by atoms with E-state index in [1.165, 1.54) is 0 Å². The summed E-state index contributed by atoms with van der Waals surface area (Å²) in [7, 11) is -1.25. The maximum atomic E-state index is 5.40. The Morgan fingerprint density at radius 2 is 2.00 bits per heavy atom. The van der Waals surface area contributed by atoms with Crippen molar-refractivity contribution >= 4 is 8.32 Å². The molecule has 0 aliphatic heterocycles. The molecule has 0 aromatic carbocycles. The third kappa shape index (κ3) is 5.92. The summed E-state index contributed by atoms with van der Waals surface area (Å²) in [5, 5.41) is 0. The fourth-order valence-electron chi connectivity index (χ4n) is 0.309. The van der Waals surface area contributed by atoms with Crippen LogP contribution in [0.2, 0.25) is 19.6 Å². The molecule has 0 aromatic heterocycles. The molecule has 1 nitrogen and oxygen atoms in total. The lowest BCUT2D eigenvalue weighted by Gasteiger charge is -2.14. The molecule has 0 unspecified atom stereocenters. The minimum absolute atomic E-state index is 0.704. The van der Waals surface area contributed by atoms with Gasteiger partial charge in [-0.1, -0.05) is 6.08 Å². The highest BCUT2D eigenvalue weighted by atomic mass is 28.4. The van der Waals surface area contributed by atoms with E-state index in [0.717, 1.165) is 0 Å². The van der Waals surface area contributed by atoms with E-state index in [-0.39, 0.29) is 0 Å². The molecule has 48 valence electrons. The molecule has 0 bridgehead atoms. The monoisotopic (exact) mass is 130 g/mol. The molecule has 0 saturated carbocycles.